The Balaban J connectivity index is 2.84. The molecule has 1 rings (SSSR count). The number of hydrogen-bond acceptors (Lipinski definition) is 3. The number of thioether (sulfide) groups is 1. The van der Waals surface area contributed by atoms with Gasteiger partial charge in [-0.3, -0.25) is 0 Å². The Morgan fingerprint density at radius 2 is 2.00 bits per heavy atom. The Morgan fingerprint density at radius 1 is 1.36 bits per heavy atom. The molecular weight excluding hydrogens is 194 g/mol. The van der Waals surface area contributed by atoms with Crippen molar-refractivity contribution in [1.82, 2.24) is 0 Å². The number of aliphatic hydroxyl groups is 1. The first-order chi connectivity index (χ1) is 6.65. The number of hydrogen-bond donors (Lipinski definition) is 2. The second-order valence-electron chi connectivity index (χ2n) is 3.44. The van der Waals surface area contributed by atoms with Gasteiger partial charge in [0.1, 0.15) is 0 Å². The first-order valence-electron chi connectivity index (χ1n) is 4.77. The molecule has 0 bridgehead atoms. The quantitative estimate of drug-likeness (QED) is 0.750. The van der Waals surface area contributed by atoms with Gasteiger partial charge in [0.25, 0.3) is 0 Å². The van der Waals surface area contributed by atoms with E-state index >= 15 is 0 Å². The van der Waals surface area contributed by atoms with E-state index in [1.165, 1.54) is 4.90 Å². The molecule has 1 unspecified atom stereocenters. The Hall–Kier alpha value is -0.510. The van der Waals surface area contributed by atoms with Crippen molar-refractivity contribution >= 4 is 11.8 Å². The third-order valence-corrected chi connectivity index (χ3v) is 3.17. The van der Waals surface area contributed by atoms with E-state index < -0.39 is 0 Å². The van der Waals surface area contributed by atoms with E-state index in [9.17, 15) is 0 Å². The highest BCUT2D eigenvalue weighted by Gasteiger charge is 2.09. The van der Waals surface area contributed by atoms with Gasteiger partial charge in [-0.2, -0.15) is 0 Å². The van der Waals surface area contributed by atoms with E-state index in [-0.39, 0.29) is 17.9 Å². The van der Waals surface area contributed by atoms with Gasteiger partial charge in [0.15, 0.2) is 0 Å². The predicted octanol–water partition coefficient (Wildman–Crippen LogP) is 2.18. The van der Waals surface area contributed by atoms with Crippen LogP contribution in [0, 0.1) is 0 Å². The molecule has 0 aliphatic heterocycles. The summed E-state index contributed by atoms with van der Waals surface area (Å²) in [5, 5.41) is 9.19. The van der Waals surface area contributed by atoms with E-state index in [1.54, 1.807) is 11.8 Å². The Kier molecular flexibility index (Phi) is 4.45. The van der Waals surface area contributed by atoms with Gasteiger partial charge in [-0.05, 0) is 18.6 Å². The van der Waals surface area contributed by atoms with Crippen LogP contribution in [-0.2, 0) is 0 Å². The molecule has 1 aromatic carbocycles. The normalized spacial score (nSPS) is 15.1. The second-order valence-corrected chi connectivity index (χ2v) is 4.92. The molecule has 0 fully saturated rings. The third kappa shape index (κ3) is 3.01. The summed E-state index contributed by atoms with van der Waals surface area (Å²) in [6, 6.07) is 8.13. The molecule has 0 aliphatic carbocycles. The number of aliphatic hydroxyl groups excluding tert-OH is 1. The Bertz CT molecular complexity index is 288. The molecule has 2 nitrogen and oxygen atoms in total. The topological polar surface area (TPSA) is 46.2 Å². The van der Waals surface area contributed by atoms with Crippen molar-refractivity contribution in [1.29, 1.82) is 0 Å². The van der Waals surface area contributed by atoms with E-state index in [1.807, 2.05) is 32.0 Å². The molecule has 3 heteroatoms. The molecule has 0 aliphatic rings. The molecule has 0 saturated carbocycles. The van der Waals surface area contributed by atoms with Crippen LogP contribution in [0.3, 0.4) is 0 Å². The minimum Gasteiger partial charge on any atom is -0.395 e. The summed E-state index contributed by atoms with van der Waals surface area (Å²) in [7, 11) is 0. The highest BCUT2D eigenvalue weighted by atomic mass is 32.2. The predicted molar refractivity (Wildman–Crippen MR) is 61.4 cm³/mol. The van der Waals surface area contributed by atoms with Crippen LogP contribution >= 0.6 is 11.8 Å². The van der Waals surface area contributed by atoms with Crippen molar-refractivity contribution in [3.8, 4) is 0 Å². The fraction of sp³-hybridized carbons (Fsp3) is 0.455. The van der Waals surface area contributed by atoms with Crippen molar-refractivity contribution in [2.75, 3.05) is 6.61 Å². The molecule has 0 heterocycles. The second kappa shape index (κ2) is 5.39. The lowest BCUT2D eigenvalue weighted by Gasteiger charge is -2.14. The van der Waals surface area contributed by atoms with Crippen LogP contribution in [-0.4, -0.2) is 17.0 Å². The van der Waals surface area contributed by atoms with Crippen molar-refractivity contribution in [2.24, 2.45) is 5.73 Å². The molecule has 78 valence electrons. The van der Waals surface area contributed by atoms with Crippen molar-refractivity contribution in [3.63, 3.8) is 0 Å². The van der Waals surface area contributed by atoms with Crippen LogP contribution in [0.5, 0.6) is 0 Å². The molecule has 3 N–H and O–H groups in total. The summed E-state index contributed by atoms with van der Waals surface area (Å²) in [5.41, 5.74) is 7.01. The maximum absolute atomic E-state index is 8.97. The lowest BCUT2D eigenvalue weighted by Crippen LogP contribution is -2.08. The monoisotopic (exact) mass is 211 g/mol. The minimum atomic E-state index is 0.0459. The standard InChI is InChI=1S/C11H17NOS/c1-8(7-13)14-11-6-4-3-5-10(11)9(2)12/h3-6,8-9,13H,7,12H2,1-2H3/t8?,9-/m0/s1. The van der Waals surface area contributed by atoms with Gasteiger partial charge >= 0.3 is 0 Å². The number of rotatable bonds is 4. The summed E-state index contributed by atoms with van der Waals surface area (Å²) in [6.07, 6.45) is 0. The molecule has 2 atom stereocenters. The Morgan fingerprint density at radius 3 is 2.57 bits per heavy atom. The highest BCUT2D eigenvalue weighted by Crippen LogP contribution is 2.29. The fourth-order valence-corrected chi connectivity index (χ4v) is 2.27. The lowest BCUT2D eigenvalue weighted by atomic mass is 10.1. The SMILES string of the molecule is CC(CO)Sc1ccccc1[C@H](C)N. The van der Waals surface area contributed by atoms with Gasteiger partial charge < -0.3 is 10.8 Å². The van der Waals surface area contributed by atoms with Gasteiger partial charge in [-0.1, -0.05) is 25.1 Å². The van der Waals surface area contributed by atoms with Gasteiger partial charge in [0.2, 0.25) is 0 Å². The average molecular weight is 211 g/mol. The molecule has 0 saturated heterocycles. The molecule has 0 radical (unpaired) electrons. The van der Waals surface area contributed by atoms with Crippen molar-refractivity contribution < 1.29 is 5.11 Å². The van der Waals surface area contributed by atoms with Gasteiger partial charge in [0.05, 0.1) is 6.61 Å². The van der Waals surface area contributed by atoms with Crippen molar-refractivity contribution in [3.05, 3.63) is 29.8 Å². The number of benzene rings is 1. The van der Waals surface area contributed by atoms with Crippen molar-refractivity contribution in [2.45, 2.75) is 30.0 Å². The molecule has 0 spiro atoms. The smallest absolute Gasteiger partial charge is 0.0550 e. The fourth-order valence-electron chi connectivity index (χ4n) is 1.22. The summed E-state index contributed by atoms with van der Waals surface area (Å²) in [5.74, 6) is 0. The first-order valence-corrected chi connectivity index (χ1v) is 5.65. The maximum atomic E-state index is 8.97. The summed E-state index contributed by atoms with van der Waals surface area (Å²) in [6.45, 7) is 4.17. The molecule has 14 heavy (non-hydrogen) atoms. The zero-order valence-corrected chi connectivity index (χ0v) is 9.42. The molecule has 0 amide bonds. The van der Waals surface area contributed by atoms with Crippen LogP contribution < -0.4 is 5.73 Å². The minimum absolute atomic E-state index is 0.0459. The number of nitrogens with two attached hydrogens (primary N) is 1. The van der Waals surface area contributed by atoms with E-state index in [4.69, 9.17) is 10.8 Å². The van der Waals surface area contributed by atoms with Gasteiger partial charge in [0, 0.05) is 16.2 Å². The summed E-state index contributed by atoms with van der Waals surface area (Å²) < 4.78 is 0. The average Bonchev–Trinajstić information content (AvgIpc) is 2.18. The van der Waals surface area contributed by atoms with Gasteiger partial charge in [-0.15, -0.1) is 11.8 Å². The zero-order chi connectivity index (χ0) is 10.6. The van der Waals surface area contributed by atoms with Crippen LogP contribution in [0.25, 0.3) is 0 Å². The van der Waals surface area contributed by atoms with Crippen LogP contribution in [0.15, 0.2) is 29.2 Å². The van der Waals surface area contributed by atoms with Crippen LogP contribution in [0.1, 0.15) is 25.5 Å². The first kappa shape index (κ1) is 11.6. The van der Waals surface area contributed by atoms with Crippen LogP contribution in [0.4, 0.5) is 0 Å². The van der Waals surface area contributed by atoms with E-state index in [2.05, 4.69) is 6.07 Å². The Labute approximate surface area is 89.5 Å². The van der Waals surface area contributed by atoms with E-state index in [0.717, 1.165) is 5.56 Å². The zero-order valence-electron chi connectivity index (χ0n) is 8.60. The highest BCUT2D eigenvalue weighted by molar-refractivity contribution is 8.00. The molecule has 0 aromatic heterocycles. The molecular formula is C11H17NOS. The lowest BCUT2D eigenvalue weighted by molar-refractivity contribution is 0.300. The summed E-state index contributed by atoms with van der Waals surface area (Å²) in [4.78, 5) is 1.17. The van der Waals surface area contributed by atoms with E-state index in [0.29, 0.717) is 0 Å². The maximum Gasteiger partial charge on any atom is 0.0550 e. The third-order valence-electron chi connectivity index (χ3n) is 1.99. The van der Waals surface area contributed by atoms with Gasteiger partial charge in [-0.25, -0.2) is 0 Å². The van der Waals surface area contributed by atoms with Crippen LogP contribution in [0.2, 0.25) is 0 Å². The molecule has 1 aromatic rings. The summed E-state index contributed by atoms with van der Waals surface area (Å²) >= 11 is 1.67. The largest absolute Gasteiger partial charge is 0.395 e.